The Labute approximate surface area is 235 Å². The number of hydrogen-bond acceptors (Lipinski definition) is 9. The number of carbonyl (C=O) groups excluding carboxylic acids is 2. The average molecular weight is 570 g/mol. The van der Waals surface area contributed by atoms with E-state index in [9.17, 15) is 14.0 Å². The molecule has 1 atom stereocenters. The van der Waals surface area contributed by atoms with E-state index in [0.717, 1.165) is 12.8 Å². The van der Waals surface area contributed by atoms with Crippen LogP contribution in [0.1, 0.15) is 12.8 Å². The number of anilines is 3. The van der Waals surface area contributed by atoms with Crippen molar-refractivity contribution < 1.29 is 28.2 Å². The third kappa shape index (κ3) is 7.23. The van der Waals surface area contributed by atoms with Crippen LogP contribution in [-0.4, -0.2) is 72.8 Å². The van der Waals surface area contributed by atoms with Crippen LogP contribution in [0.3, 0.4) is 0 Å². The van der Waals surface area contributed by atoms with Gasteiger partial charge in [-0.1, -0.05) is 17.7 Å². The first-order valence-corrected chi connectivity index (χ1v) is 13.3. The number of nitrogens with one attached hydrogen (secondary N) is 2. The van der Waals surface area contributed by atoms with Gasteiger partial charge in [0.1, 0.15) is 29.8 Å². The van der Waals surface area contributed by atoms with E-state index < -0.39 is 5.82 Å². The van der Waals surface area contributed by atoms with Crippen LogP contribution < -0.4 is 15.4 Å². The van der Waals surface area contributed by atoms with Gasteiger partial charge in [-0.05, 0) is 43.0 Å². The lowest BCUT2D eigenvalue weighted by molar-refractivity contribution is -0.161. The van der Waals surface area contributed by atoms with E-state index >= 15 is 0 Å². The zero-order valence-corrected chi connectivity index (χ0v) is 22.6. The molecule has 2 aromatic carbocycles. The third-order valence-electron chi connectivity index (χ3n) is 6.45. The van der Waals surface area contributed by atoms with Gasteiger partial charge in [-0.25, -0.2) is 14.4 Å². The fraction of sp³-hybridized carbons (Fsp3) is 0.357. The Kier molecular flexibility index (Phi) is 8.73. The summed E-state index contributed by atoms with van der Waals surface area (Å²) in [6.45, 7) is 1.91. The minimum Gasteiger partial charge on any atom is -0.491 e. The highest BCUT2D eigenvalue weighted by molar-refractivity contribution is 6.31. The number of nitrogens with zero attached hydrogens (tertiary/aromatic N) is 3. The molecule has 2 fully saturated rings. The van der Waals surface area contributed by atoms with Gasteiger partial charge in [0.25, 0.3) is 0 Å². The largest absolute Gasteiger partial charge is 0.491 e. The van der Waals surface area contributed by atoms with Crippen LogP contribution in [0.25, 0.3) is 10.9 Å². The van der Waals surface area contributed by atoms with Crippen molar-refractivity contribution in [1.29, 1.82) is 0 Å². The van der Waals surface area contributed by atoms with Crippen LogP contribution in [0, 0.1) is 11.7 Å². The molecule has 12 heteroatoms. The molecule has 0 bridgehead atoms. The highest BCUT2D eigenvalue weighted by Crippen LogP contribution is 2.36. The lowest BCUT2D eigenvalue weighted by atomic mass is 10.1. The Bertz CT molecular complexity index is 1430. The number of benzene rings is 2. The number of ether oxygens (including phenoxy) is 3. The van der Waals surface area contributed by atoms with Gasteiger partial charge >= 0.3 is 5.97 Å². The van der Waals surface area contributed by atoms with Gasteiger partial charge < -0.3 is 24.8 Å². The molecule has 1 aromatic heterocycles. The molecule has 5 rings (SSSR count). The fourth-order valence-electron chi connectivity index (χ4n) is 4.29. The Hall–Kier alpha value is -3.80. The first-order chi connectivity index (χ1) is 19.4. The van der Waals surface area contributed by atoms with Crippen molar-refractivity contribution in [3.8, 4) is 5.75 Å². The number of esters is 1. The fourth-order valence-corrected chi connectivity index (χ4v) is 4.47. The summed E-state index contributed by atoms with van der Waals surface area (Å²) < 4.78 is 30.0. The molecule has 2 N–H and O–H groups in total. The topological polar surface area (TPSA) is 115 Å². The summed E-state index contributed by atoms with van der Waals surface area (Å²) in [7, 11) is 1.55. The van der Waals surface area contributed by atoms with Crippen molar-refractivity contribution in [3.63, 3.8) is 0 Å². The minimum atomic E-state index is -0.523. The minimum absolute atomic E-state index is 0.0190. The van der Waals surface area contributed by atoms with Crippen molar-refractivity contribution >= 4 is 51.6 Å². The summed E-state index contributed by atoms with van der Waals surface area (Å²) in [5.41, 5.74) is 1.61. The van der Waals surface area contributed by atoms with E-state index in [-0.39, 0.29) is 29.5 Å². The van der Waals surface area contributed by atoms with E-state index in [1.165, 1.54) is 24.5 Å². The number of amides is 1. The van der Waals surface area contributed by atoms with Crippen molar-refractivity contribution in [1.82, 2.24) is 14.9 Å². The van der Waals surface area contributed by atoms with E-state index in [2.05, 4.69) is 20.6 Å². The smallest absolute Gasteiger partial charge is 0.320 e. The number of morpholine rings is 1. The summed E-state index contributed by atoms with van der Waals surface area (Å²) >= 11 is 5.94. The second kappa shape index (κ2) is 12.6. The predicted molar refractivity (Wildman–Crippen MR) is 148 cm³/mol. The van der Waals surface area contributed by atoms with Crippen molar-refractivity contribution in [2.75, 3.05) is 50.6 Å². The summed E-state index contributed by atoms with van der Waals surface area (Å²) in [5, 5.41) is 6.64. The van der Waals surface area contributed by atoms with E-state index in [0.29, 0.717) is 66.1 Å². The number of hydrogen-bond donors (Lipinski definition) is 2. The standard InChI is InChI=1S/C28H29ClFN5O5/c1-38-15-19-12-35(13-27(37)40-19)8-2-3-26(36)34-24-10-20-23(11-25(24)39-14-17-4-5-17)31-16-32-28(20)33-18-6-7-22(30)21(29)9-18/h2-3,6-7,9-11,16-17,19H,4-5,8,12-15H2,1H3,(H,34,36)(H,31,32,33). The van der Waals surface area contributed by atoms with Gasteiger partial charge in [-0.15, -0.1) is 0 Å². The molecule has 2 aliphatic rings. The molecule has 1 saturated carbocycles. The number of methoxy groups -OCH3 is 1. The Balaban J connectivity index is 1.33. The van der Waals surface area contributed by atoms with Gasteiger partial charge in [0, 0.05) is 43.4 Å². The molecule has 210 valence electrons. The predicted octanol–water partition coefficient (Wildman–Crippen LogP) is 4.32. The lowest BCUT2D eigenvalue weighted by Gasteiger charge is -2.30. The summed E-state index contributed by atoms with van der Waals surface area (Å²) in [4.78, 5) is 35.3. The lowest BCUT2D eigenvalue weighted by Crippen LogP contribution is -2.47. The summed E-state index contributed by atoms with van der Waals surface area (Å²) in [6.07, 6.45) is 6.41. The maximum absolute atomic E-state index is 13.6. The Morgan fingerprint density at radius 1 is 1.25 bits per heavy atom. The molecular weight excluding hydrogens is 541 g/mol. The van der Waals surface area contributed by atoms with Crippen LogP contribution >= 0.6 is 11.6 Å². The van der Waals surface area contributed by atoms with Gasteiger partial charge in [-0.3, -0.25) is 14.5 Å². The van der Waals surface area contributed by atoms with Crippen LogP contribution in [-0.2, 0) is 19.1 Å². The first kappa shape index (κ1) is 27.8. The van der Waals surface area contributed by atoms with Crippen LogP contribution in [0.5, 0.6) is 5.75 Å². The number of rotatable bonds is 11. The monoisotopic (exact) mass is 569 g/mol. The Morgan fingerprint density at radius 2 is 2.10 bits per heavy atom. The van der Waals surface area contributed by atoms with Gasteiger partial charge in [0.2, 0.25) is 5.91 Å². The number of halogens is 2. The van der Waals surface area contributed by atoms with Crippen LogP contribution in [0.15, 0.2) is 48.8 Å². The van der Waals surface area contributed by atoms with Crippen molar-refractivity contribution in [3.05, 3.63) is 59.7 Å². The number of fused-ring (bicyclic) bond motifs is 1. The van der Waals surface area contributed by atoms with Gasteiger partial charge in [0.05, 0.1) is 36.0 Å². The summed E-state index contributed by atoms with van der Waals surface area (Å²) in [5.74, 6) is 0.245. The molecule has 40 heavy (non-hydrogen) atoms. The zero-order chi connectivity index (χ0) is 28.1. The SMILES string of the molecule is COCC1CN(CC=CC(=O)Nc2cc3c(Nc4ccc(F)c(Cl)c4)ncnc3cc2OCC2CC2)CC(=O)O1. The molecule has 0 spiro atoms. The molecule has 1 amide bonds. The Morgan fingerprint density at radius 3 is 2.88 bits per heavy atom. The van der Waals surface area contributed by atoms with E-state index in [1.807, 2.05) is 4.90 Å². The molecule has 1 saturated heterocycles. The van der Waals surface area contributed by atoms with Crippen LogP contribution in [0.2, 0.25) is 5.02 Å². The van der Waals surface area contributed by atoms with Gasteiger partial charge in [0.15, 0.2) is 0 Å². The summed E-state index contributed by atoms with van der Waals surface area (Å²) in [6, 6.07) is 7.78. The van der Waals surface area contributed by atoms with E-state index in [1.54, 1.807) is 31.4 Å². The second-order valence-corrected chi connectivity index (χ2v) is 10.2. The molecule has 1 unspecified atom stereocenters. The number of cyclic esters (lactones) is 1. The van der Waals surface area contributed by atoms with Gasteiger partial charge in [-0.2, -0.15) is 0 Å². The molecule has 10 nitrogen and oxygen atoms in total. The average Bonchev–Trinajstić information content (AvgIpc) is 3.74. The first-order valence-electron chi connectivity index (χ1n) is 12.9. The van der Waals surface area contributed by atoms with Crippen LogP contribution in [0.4, 0.5) is 21.6 Å². The normalized spacial score (nSPS) is 17.7. The van der Waals surface area contributed by atoms with E-state index in [4.69, 9.17) is 25.8 Å². The number of carbonyl (C=O) groups is 2. The quantitative estimate of drug-likeness (QED) is 0.257. The molecule has 0 radical (unpaired) electrons. The second-order valence-electron chi connectivity index (χ2n) is 9.75. The molecule has 1 aliphatic carbocycles. The molecule has 1 aliphatic heterocycles. The molecule has 2 heterocycles. The maximum atomic E-state index is 13.6. The van der Waals surface area contributed by atoms with Crippen molar-refractivity contribution in [2.45, 2.75) is 18.9 Å². The molecular formula is C28H29ClFN5O5. The zero-order valence-electron chi connectivity index (χ0n) is 21.9. The third-order valence-corrected chi connectivity index (χ3v) is 6.74. The molecule has 3 aromatic rings. The maximum Gasteiger partial charge on any atom is 0.320 e. The number of aromatic nitrogens is 2. The van der Waals surface area contributed by atoms with Crippen molar-refractivity contribution in [2.24, 2.45) is 5.92 Å². The highest BCUT2D eigenvalue weighted by atomic mass is 35.5. The highest BCUT2D eigenvalue weighted by Gasteiger charge is 2.26.